The van der Waals surface area contributed by atoms with Crippen LogP contribution in [-0.2, 0) is 5.54 Å². The average Bonchev–Trinajstić information content (AvgIpc) is 2.34. The minimum absolute atomic E-state index is 0.134. The van der Waals surface area contributed by atoms with E-state index in [0.717, 1.165) is 25.2 Å². The van der Waals surface area contributed by atoms with Gasteiger partial charge in [-0.15, -0.1) is 0 Å². The summed E-state index contributed by atoms with van der Waals surface area (Å²) in [7, 11) is 0. The molecular formula is C12H16Cl2N2O. The lowest BCUT2D eigenvalue weighted by Gasteiger charge is -2.39. The van der Waals surface area contributed by atoms with Gasteiger partial charge in [0.25, 0.3) is 0 Å². The molecule has 94 valence electrons. The first-order chi connectivity index (χ1) is 8.18. The predicted molar refractivity (Wildman–Crippen MR) is 70.7 cm³/mol. The highest BCUT2D eigenvalue weighted by atomic mass is 35.5. The van der Waals surface area contributed by atoms with Gasteiger partial charge in [0.15, 0.2) is 0 Å². The van der Waals surface area contributed by atoms with Crippen molar-refractivity contribution in [2.45, 2.75) is 12.0 Å². The van der Waals surface area contributed by atoms with E-state index in [1.54, 1.807) is 6.07 Å². The van der Waals surface area contributed by atoms with Crippen LogP contribution in [0.25, 0.3) is 0 Å². The second-order valence-electron chi connectivity index (χ2n) is 4.29. The highest BCUT2D eigenvalue weighted by Gasteiger charge is 2.33. The molecule has 1 aromatic carbocycles. The van der Waals surface area contributed by atoms with Crippen LogP contribution in [0.15, 0.2) is 18.2 Å². The van der Waals surface area contributed by atoms with E-state index in [1.165, 1.54) is 0 Å². The van der Waals surface area contributed by atoms with E-state index >= 15 is 0 Å². The molecule has 0 spiro atoms. The molecule has 1 atom stereocenters. The van der Waals surface area contributed by atoms with E-state index in [4.69, 9.17) is 23.2 Å². The van der Waals surface area contributed by atoms with Gasteiger partial charge in [-0.05, 0) is 24.1 Å². The summed E-state index contributed by atoms with van der Waals surface area (Å²) in [4.78, 5) is 0. The van der Waals surface area contributed by atoms with Crippen LogP contribution in [0.2, 0.25) is 10.0 Å². The maximum Gasteiger partial charge on any atom is 0.0595 e. The van der Waals surface area contributed by atoms with Gasteiger partial charge in [-0.25, -0.2) is 0 Å². The monoisotopic (exact) mass is 274 g/mol. The van der Waals surface area contributed by atoms with Gasteiger partial charge in [0.05, 0.1) is 15.6 Å². The molecule has 5 heteroatoms. The van der Waals surface area contributed by atoms with Crippen LogP contribution in [0.3, 0.4) is 0 Å². The van der Waals surface area contributed by atoms with E-state index in [-0.39, 0.29) is 12.1 Å². The first-order valence-corrected chi connectivity index (χ1v) is 6.46. The third-order valence-electron chi connectivity index (χ3n) is 3.20. The Balaban J connectivity index is 2.34. The molecule has 0 saturated carbocycles. The van der Waals surface area contributed by atoms with Gasteiger partial charge in [-0.2, -0.15) is 0 Å². The number of aliphatic hydroxyl groups excluding tert-OH is 1. The van der Waals surface area contributed by atoms with Crippen molar-refractivity contribution in [1.82, 2.24) is 10.6 Å². The number of hydrogen-bond donors (Lipinski definition) is 3. The Labute approximate surface area is 111 Å². The maximum absolute atomic E-state index is 9.24. The van der Waals surface area contributed by atoms with E-state index in [1.807, 2.05) is 12.1 Å². The number of benzene rings is 1. The lowest BCUT2D eigenvalue weighted by Crippen LogP contribution is -2.57. The summed E-state index contributed by atoms with van der Waals surface area (Å²) in [5, 5.41) is 17.2. The zero-order valence-corrected chi connectivity index (χ0v) is 11.0. The molecule has 0 aliphatic carbocycles. The quantitative estimate of drug-likeness (QED) is 0.787. The number of rotatable bonds is 3. The molecule has 0 amide bonds. The fourth-order valence-corrected chi connectivity index (χ4v) is 2.56. The summed E-state index contributed by atoms with van der Waals surface area (Å²) in [6.07, 6.45) is 0.651. The molecular weight excluding hydrogens is 259 g/mol. The van der Waals surface area contributed by atoms with E-state index in [9.17, 15) is 5.11 Å². The van der Waals surface area contributed by atoms with Crippen LogP contribution in [-0.4, -0.2) is 31.3 Å². The molecule has 2 rings (SSSR count). The molecule has 1 heterocycles. The minimum atomic E-state index is -0.249. The molecule has 1 saturated heterocycles. The highest BCUT2D eigenvalue weighted by molar-refractivity contribution is 6.42. The summed E-state index contributed by atoms with van der Waals surface area (Å²) < 4.78 is 0. The zero-order chi connectivity index (χ0) is 12.3. The molecule has 3 nitrogen and oxygen atoms in total. The molecule has 1 aromatic rings. The molecule has 1 fully saturated rings. The summed E-state index contributed by atoms with van der Waals surface area (Å²) in [6, 6.07) is 5.64. The maximum atomic E-state index is 9.24. The third kappa shape index (κ3) is 2.75. The molecule has 0 radical (unpaired) electrons. The molecule has 1 unspecified atom stereocenters. The van der Waals surface area contributed by atoms with Gasteiger partial charge in [-0.1, -0.05) is 29.3 Å². The van der Waals surface area contributed by atoms with Crippen molar-refractivity contribution in [3.8, 4) is 0 Å². The Morgan fingerprint density at radius 3 is 2.65 bits per heavy atom. The highest BCUT2D eigenvalue weighted by Crippen LogP contribution is 2.31. The van der Waals surface area contributed by atoms with Crippen molar-refractivity contribution in [3.05, 3.63) is 33.8 Å². The Kier molecular flexibility index (Phi) is 4.28. The lowest BCUT2D eigenvalue weighted by atomic mass is 9.85. The number of nitrogens with one attached hydrogen (secondary N) is 2. The van der Waals surface area contributed by atoms with Crippen molar-refractivity contribution < 1.29 is 5.11 Å². The normalized spacial score (nSPS) is 24.9. The van der Waals surface area contributed by atoms with Crippen molar-refractivity contribution in [1.29, 1.82) is 0 Å². The number of aliphatic hydroxyl groups is 1. The van der Waals surface area contributed by atoms with Gasteiger partial charge in [0.2, 0.25) is 0 Å². The van der Waals surface area contributed by atoms with E-state index < -0.39 is 0 Å². The first kappa shape index (κ1) is 13.1. The van der Waals surface area contributed by atoms with Crippen LogP contribution in [0.5, 0.6) is 0 Å². The fourth-order valence-electron chi connectivity index (χ4n) is 2.26. The standard InChI is InChI=1S/C12H16Cl2N2O/c13-10-2-1-9(7-11(10)14)12(3-6-17)8-15-4-5-16-12/h1-2,7,15-17H,3-6,8H2. The Hall–Kier alpha value is -0.320. The van der Waals surface area contributed by atoms with Crippen molar-refractivity contribution in [2.75, 3.05) is 26.2 Å². The van der Waals surface area contributed by atoms with Crippen LogP contribution >= 0.6 is 23.2 Å². The number of piperazine rings is 1. The van der Waals surface area contributed by atoms with Gasteiger partial charge in [0.1, 0.15) is 0 Å². The van der Waals surface area contributed by atoms with Crippen molar-refractivity contribution in [3.63, 3.8) is 0 Å². The molecule has 3 N–H and O–H groups in total. The third-order valence-corrected chi connectivity index (χ3v) is 3.94. The SMILES string of the molecule is OCCC1(c2ccc(Cl)c(Cl)c2)CNCCN1. The van der Waals surface area contributed by atoms with Crippen LogP contribution in [0, 0.1) is 0 Å². The van der Waals surface area contributed by atoms with Crippen LogP contribution in [0.1, 0.15) is 12.0 Å². The smallest absolute Gasteiger partial charge is 0.0595 e. The zero-order valence-electron chi connectivity index (χ0n) is 9.47. The minimum Gasteiger partial charge on any atom is -0.396 e. The Bertz CT molecular complexity index is 387. The van der Waals surface area contributed by atoms with Gasteiger partial charge in [-0.3, -0.25) is 0 Å². The van der Waals surface area contributed by atoms with Crippen molar-refractivity contribution in [2.24, 2.45) is 0 Å². The van der Waals surface area contributed by atoms with Gasteiger partial charge >= 0.3 is 0 Å². The largest absolute Gasteiger partial charge is 0.396 e. The summed E-state index contributed by atoms with van der Waals surface area (Å²) in [5.41, 5.74) is 0.814. The Morgan fingerprint density at radius 2 is 2.06 bits per heavy atom. The van der Waals surface area contributed by atoms with Crippen LogP contribution < -0.4 is 10.6 Å². The molecule has 0 aromatic heterocycles. The molecule has 17 heavy (non-hydrogen) atoms. The topological polar surface area (TPSA) is 44.3 Å². The second kappa shape index (κ2) is 5.55. The molecule has 1 aliphatic heterocycles. The second-order valence-corrected chi connectivity index (χ2v) is 5.10. The van der Waals surface area contributed by atoms with E-state index in [0.29, 0.717) is 16.5 Å². The lowest BCUT2D eigenvalue weighted by molar-refractivity contribution is 0.189. The molecule has 1 aliphatic rings. The average molecular weight is 275 g/mol. The van der Waals surface area contributed by atoms with Crippen LogP contribution in [0.4, 0.5) is 0 Å². The summed E-state index contributed by atoms with van der Waals surface area (Å²) in [6.45, 7) is 2.73. The van der Waals surface area contributed by atoms with Crippen molar-refractivity contribution >= 4 is 23.2 Å². The predicted octanol–water partition coefficient (Wildman–Crippen LogP) is 1.76. The molecule has 0 bridgehead atoms. The van der Waals surface area contributed by atoms with E-state index in [2.05, 4.69) is 10.6 Å². The summed E-state index contributed by atoms with van der Waals surface area (Å²) in [5.74, 6) is 0. The fraction of sp³-hybridized carbons (Fsp3) is 0.500. The number of halogens is 2. The summed E-state index contributed by atoms with van der Waals surface area (Å²) >= 11 is 12.0. The van der Waals surface area contributed by atoms with Gasteiger partial charge < -0.3 is 15.7 Å². The first-order valence-electron chi connectivity index (χ1n) is 5.70. The van der Waals surface area contributed by atoms with Gasteiger partial charge in [0, 0.05) is 26.2 Å². The number of hydrogen-bond acceptors (Lipinski definition) is 3. The Morgan fingerprint density at radius 1 is 1.24 bits per heavy atom.